The number of allylic oxidation sites excluding steroid dienone is 1. The fraction of sp³-hybridized carbons (Fsp3) is 0.884. The minimum absolute atomic E-state index is 0.00144. The molecule has 2 unspecified atom stereocenters. The van der Waals surface area contributed by atoms with Crippen LogP contribution >= 0.6 is 0 Å². The lowest BCUT2D eigenvalue weighted by Crippen LogP contribution is -2.66. The molecule has 1 heterocycles. The van der Waals surface area contributed by atoms with Crippen molar-refractivity contribution in [3.8, 4) is 0 Å². The first kappa shape index (κ1) is 36.5. The molecule has 6 aliphatic carbocycles. The fourth-order valence-electron chi connectivity index (χ4n) is 14.9. The molecule has 0 spiro atoms. The summed E-state index contributed by atoms with van der Waals surface area (Å²) in [4.78, 5) is 41.7. The topological polar surface area (TPSA) is 84.9 Å². The zero-order chi connectivity index (χ0) is 36.0. The summed E-state index contributed by atoms with van der Waals surface area (Å²) < 4.78 is 11.4. The van der Waals surface area contributed by atoms with Crippen LogP contribution in [0.1, 0.15) is 126 Å². The highest BCUT2D eigenvalue weighted by Gasteiger charge is 2.70. The van der Waals surface area contributed by atoms with Crippen molar-refractivity contribution in [1.82, 2.24) is 10.2 Å². The molecule has 2 amide bonds. The average molecular weight is 693 g/mol. The Hall–Kier alpha value is -1.89. The molecule has 14 atom stereocenters. The Bertz CT molecular complexity index is 1370. The van der Waals surface area contributed by atoms with E-state index in [9.17, 15) is 14.4 Å². The van der Waals surface area contributed by atoms with Gasteiger partial charge in [-0.05, 0) is 135 Å². The Morgan fingerprint density at radius 1 is 0.820 bits per heavy atom. The smallest absolute Gasteiger partial charge is 0.302 e. The summed E-state index contributed by atoms with van der Waals surface area (Å²) in [5.74, 6) is 3.80. The number of hydrogen-bond donors (Lipinski definition) is 1. The van der Waals surface area contributed by atoms with E-state index in [4.69, 9.17) is 9.47 Å². The normalized spacial score (nSPS) is 48.0. The number of rotatable bonds is 5. The zero-order valence-corrected chi connectivity index (χ0v) is 32.7. The van der Waals surface area contributed by atoms with E-state index < -0.39 is 0 Å². The average Bonchev–Trinajstić information content (AvgIpc) is 3.63. The molecule has 50 heavy (non-hydrogen) atoms. The minimum Gasteiger partial charge on any atom is -0.462 e. The summed E-state index contributed by atoms with van der Waals surface area (Å²) in [6.45, 7) is 25.9. The van der Waals surface area contributed by atoms with Crippen molar-refractivity contribution < 1.29 is 23.9 Å². The number of hydrogen-bond acceptors (Lipinski definition) is 5. The van der Waals surface area contributed by atoms with Gasteiger partial charge < -0.3 is 19.7 Å². The third-order valence-corrected chi connectivity index (χ3v) is 17.5. The second-order valence-corrected chi connectivity index (χ2v) is 19.9. The predicted molar refractivity (Wildman–Crippen MR) is 196 cm³/mol. The predicted octanol–water partition coefficient (Wildman–Crippen LogP) is 7.82. The molecule has 0 aromatic carbocycles. The Morgan fingerprint density at radius 3 is 2.20 bits per heavy atom. The maximum absolute atomic E-state index is 14.3. The van der Waals surface area contributed by atoms with Gasteiger partial charge in [0.05, 0.1) is 13.2 Å². The Balaban J connectivity index is 1.08. The molecule has 0 bridgehead atoms. The second kappa shape index (κ2) is 12.9. The van der Waals surface area contributed by atoms with Gasteiger partial charge in [-0.2, -0.15) is 0 Å². The van der Waals surface area contributed by atoms with E-state index in [1.165, 1.54) is 37.7 Å². The van der Waals surface area contributed by atoms with Crippen molar-refractivity contribution >= 4 is 17.8 Å². The molecule has 0 aromatic heterocycles. The number of esters is 1. The van der Waals surface area contributed by atoms with Gasteiger partial charge in [-0.3, -0.25) is 14.4 Å². The number of amides is 2. The summed E-state index contributed by atoms with van der Waals surface area (Å²) in [7, 11) is 0. The summed E-state index contributed by atoms with van der Waals surface area (Å²) in [5, 5.41) is 3.55. The molecular weight excluding hydrogens is 624 g/mol. The molecule has 1 saturated heterocycles. The van der Waals surface area contributed by atoms with E-state index in [-0.39, 0.29) is 63.4 Å². The number of carbonyl (C=O) groups excluding carboxylic acids is 3. The second-order valence-electron chi connectivity index (χ2n) is 19.9. The van der Waals surface area contributed by atoms with E-state index in [0.717, 1.165) is 38.5 Å². The lowest BCUT2D eigenvalue weighted by Gasteiger charge is -2.72. The van der Waals surface area contributed by atoms with Crippen LogP contribution in [0.25, 0.3) is 0 Å². The van der Waals surface area contributed by atoms with Gasteiger partial charge in [0.1, 0.15) is 6.10 Å². The van der Waals surface area contributed by atoms with Crippen LogP contribution in [0.15, 0.2) is 12.2 Å². The first-order valence-corrected chi connectivity index (χ1v) is 20.5. The van der Waals surface area contributed by atoms with Crippen molar-refractivity contribution in [2.45, 2.75) is 138 Å². The van der Waals surface area contributed by atoms with Crippen LogP contribution < -0.4 is 5.32 Å². The molecule has 6 saturated carbocycles. The molecule has 0 aromatic rings. The number of nitrogens with zero attached hydrogens (tertiary/aromatic N) is 1. The molecule has 7 aliphatic rings. The lowest BCUT2D eigenvalue weighted by molar-refractivity contribution is -0.244. The van der Waals surface area contributed by atoms with Crippen LogP contribution in [0.3, 0.4) is 0 Å². The summed E-state index contributed by atoms with van der Waals surface area (Å²) in [6, 6.07) is 0.0686. The van der Waals surface area contributed by atoms with Gasteiger partial charge >= 0.3 is 5.97 Å². The van der Waals surface area contributed by atoms with Gasteiger partial charge in [-0.25, -0.2) is 0 Å². The fourth-order valence-corrected chi connectivity index (χ4v) is 14.9. The van der Waals surface area contributed by atoms with Gasteiger partial charge in [-0.15, -0.1) is 0 Å². The summed E-state index contributed by atoms with van der Waals surface area (Å²) in [5.41, 5.74) is 1.95. The van der Waals surface area contributed by atoms with Crippen LogP contribution in [-0.2, 0) is 23.9 Å². The van der Waals surface area contributed by atoms with Crippen LogP contribution in [0.4, 0.5) is 0 Å². The van der Waals surface area contributed by atoms with Gasteiger partial charge in [0, 0.05) is 43.3 Å². The van der Waals surface area contributed by atoms with E-state index in [2.05, 4.69) is 60.4 Å². The van der Waals surface area contributed by atoms with Crippen LogP contribution in [0.2, 0.25) is 0 Å². The Morgan fingerprint density at radius 2 is 1.52 bits per heavy atom. The van der Waals surface area contributed by atoms with E-state index in [1.54, 1.807) is 6.92 Å². The van der Waals surface area contributed by atoms with Gasteiger partial charge in [0.15, 0.2) is 0 Å². The van der Waals surface area contributed by atoms with Crippen molar-refractivity contribution in [2.24, 2.45) is 74.9 Å². The van der Waals surface area contributed by atoms with Gasteiger partial charge in [0.25, 0.3) is 0 Å². The maximum atomic E-state index is 14.3. The van der Waals surface area contributed by atoms with Crippen molar-refractivity contribution in [3.63, 3.8) is 0 Å². The number of morpholine rings is 1. The third kappa shape index (κ3) is 5.54. The monoisotopic (exact) mass is 693 g/mol. The number of nitrogens with one attached hydrogen (secondary N) is 1. The van der Waals surface area contributed by atoms with E-state index in [0.29, 0.717) is 67.7 Å². The Labute approximate surface area is 302 Å². The first-order valence-electron chi connectivity index (χ1n) is 20.5. The number of ether oxygens (including phenoxy) is 2. The quantitative estimate of drug-likeness (QED) is 0.235. The number of carbonyl (C=O) groups is 3. The van der Waals surface area contributed by atoms with Gasteiger partial charge in [0.2, 0.25) is 11.8 Å². The first-order chi connectivity index (χ1) is 23.5. The molecule has 7 nitrogen and oxygen atoms in total. The maximum Gasteiger partial charge on any atom is 0.302 e. The zero-order valence-electron chi connectivity index (χ0n) is 32.7. The van der Waals surface area contributed by atoms with Crippen LogP contribution in [0.5, 0.6) is 0 Å². The molecule has 0 radical (unpaired) electrons. The highest BCUT2D eigenvalue weighted by molar-refractivity contribution is 5.81. The summed E-state index contributed by atoms with van der Waals surface area (Å²) >= 11 is 0. The van der Waals surface area contributed by atoms with Crippen LogP contribution in [0, 0.1) is 74.9 Å². The lowest BCUT2D eigenvalue weighted by atomic mass is 9.33. The molecule has 1 aliphatic heterocycles. The molecule has 1 N–H and O–H groups in total. The molecule has 7 fully saturated rings. The largest absolute Gasteiger partial charge is 0.462 e. The van der Waals surface area contributed by atoms with Crippen molar-refractivity contribution in [1.29, 1.82) is 0 Å². The third-order valence-electron chi connectivity index (χ3n) is 17.5. The molecule has 7 rings (SSSR count). The summed E-state index contributed by atoms with van der Waals surface area (Å²) in [6.07, 6.45) is 11.9. The Kier molecular flexibility index (Phi) is 9.41. The van der Waals surface area contributed by atoms with E-state index in [1.807, 2.05) is 4.90 Å². The molecule has 280 valence electrons. The molecular formula is C43H68N2O5. The molecule has 7 heteroatoms. The minimum atomic E-state index is -0.145. The highest BCUT2D eigenvalue weighted by Crippen LogP contribution is 2.76. The number of fused-ring (bicyclic) bond motifs is 7. The van der Waals surface area contributed by atoms with E-state index >= 15 is 0 Å². The highest BCUT2D eigenvalue weighted by atomic mass is 16.5. The standard InChI is InChI=1S/C43H68N2O5/c1-25(2)30-24-31(38(47)44-33-23-28(22-26(33)3)39(48)45-18-20-49-21-19-45)29-12-16-42(8)32(37(29)30)10-11-35-41(7)15-14-36(50-27(4)46)40(5,6)34(41)13-17-43(35,42)9/h26,28-37H,1,10-24H2,2-9H3,(H,44,47)/t26?,28-,29?,30+,31-,32-,33-,34+,35-,36+,37-,41+,42-,43-/m1/s1. The van der Waals surface area contributed by atoms with Gasteiger partial charge in [-0.1, -0.05) is 53.7 Å². The van der Waals surface area contributed by atoms with Crippen LogP contribution in [-0.4, -0.2) is 61.1 Å². The van der Waals surface area contributed by atoms with Crippen molar-refractivity contribution in [2.75, 3.05) is 26.3 Å². The SMILES string of the molecule is C=C(C)[C@@H]1C[C@@H](C(=O)N[C@@H]2C[C@H](C(=O)N3CCOCC3)CC2C)C2CC[C@]3(C)[C@H](CC[C@@H]4[C@@]5(C)CC[C@H](OC(C)=O)C(C)(C)[C@@H]5CC[C@]43C)[C@H]21. The van der Waals surface area contributed by atoms with Crippen molar-refractivity contribution in [3.05, 3.63) is 12.2 Å².